The number of benzene rings is 1. The standard InChI is InChI=1S/C20H25N5O/c21-18-14-25(13-17(18)15-4-2-1-3-5-15)20(26)16-6-10-24(11-7-16)19-12-22-8-9-23-19/h1-5,8-9,12,16-18H,6-7,10-11,13-14,21H2/t17-,18+/m0/s1. The molecular weight excluding hydrogens is 326 g/mol. The van der Waals surface area contributed by atoms with Crippen LogP contribution < -0.4 is 10.6 Å². The quantitative estimate of drug-likeness (QED) is 0.910. The van der Waals surface area contributed by atoms with E-state index in [0.717, 1.165) is 38.3 Å². The van der Waals surface area contributed by atoms with E-state index in [1.54, 1.807) is 18.6 Å². The van der Waals surface area contributed by atoms with Crippen LogP contribution in [-0.2, 0) is 4.79 Å². The van der Waals surface area contributed by atoms with E-state index in [2.05, 4.69) is 27.0 Å². The molecule has 1 aromatic carbocycles. The van der Waals surface area contributed by atoms with Crippen molar-refractivity contribution in [2.75, 3.05) is 31.1 Å². The largest absolute Gasteiger partial charge is 0.355 e. The van der Waals surface area contributed by atoms with Gasteiger partial charge in [-0.3, -0.25) is 9.78 Å². The summed E-state index contributed by atoms with van der Waals surface area (Å²) >= 11 is 0. The third kappa shape index (κ3) is 3.42. The van der Waals surface area contributed by atoms with Crippen LogP contribution in [0, 0.1) is 5.92 Å². The average Bonchev–Trinajstić information content (AvgIpc) is 3.10. The number of carbonyl (C=O) groups is 1. The molecule has 4 rings (SSSR count). The van der Waals surface area contributed by atoms with E-state index in [1.807, 2.05) is 23.1 Å². The first kappa shape index (κ1) is 17.0. The van der Waals surface area contributed by atoms with Crippen molar-refractivity contribution in [3.63, 3.8) is 0 Å². The van der Waals surface area contributed by atoms with Crippen molar-refractivity contribution in [2.45, 2.75) is 24.8 Å². The van der Waals surface area contributed by atoms with Crippen LogP contribution in [0.15, 0.2) is 48.9 Å². The molecule has 2 aromatic rings. The van der Waals surface area contributed by atoms with Crippen LogP contribution in [0.4, 0.5) is 5.82 Å². The fourth-order valence-corrected chi connectivity index (χ4v) is 4.13. The van der Waals surface area contributed by atoms with Crippen LogP contribution in [0.5, 0.6) is 0 Å². The number of hydrogen-bond donors (Lipinski definition) is 1. The molecule has 0 radical (unpaired) electrons. The smallest absolute Gasteiger partial charge is 0.225 e. The molecule has 2 saturated heterocycles. The van der Waals surface area contributed by atoms with Crippen molar-refractivity contribution >= 4 is 11.7 Å². The Morgan fingerprint density at radius 1 is 1.08 bits per heavy atom. The van der Waals surface area contributed by atoms with Gasteiger partial charge in [0.25, 0.3) is 0 Å². The molecule has 0 spiro atoms. The average molecular weight is 351 g/mol. The van der Waals surface area contributed by atoms with Crippen molar-refractivity contribution in [2.24, 2.45) is 11.7 Å². The van der Waals surface area contributed by atoms with Crippen LogP contribution in [0.2, 0.25) is 0 Å². The van der Waals surface area contributed by atoms with Gasteiger partial charge in [-0.2, -0.15) is 0 Å². The summed E-state index contributed by atoms with van der Waals surface area (Å²) in [5.74, 6) is 1.48. The predicted octanol–water partition coefficient (Wildman–Crippen LogP) is 1.65. The van der Waals surface area contributed by atoms with Crippen LogP contribution in [0.25, 0.3) is 0 Å². The Balaban J connectivity index is 1.36. The number of nitrogens with two attached hydrogens (primary N) is 1. The number of hydrogen-bond acceptors (Lipinski definition) is 5. The molecule has 0 bridgehead atoms. The molecule has 0 unspecified atom stereocenters. The van der Waals surface area contributed by atoms with Gasteiger partial charge >= 0.3 is 0 Å². The number of piperidine rings is 1. The summed E-state index contributed by atoms with van der Waals surface area (Å²) in [4.78, 5) is 25.7. The monoisotopic (exact) mass is 351 g/mol. The van der Waals surface area contributed by atoms with Crippen LogP contribution in [0.3, 0.4) is 0 Å². The van der Waals surface area contributed by atoms with Crippen LogP contribution in [-0.4, -0.2) is 53.0 Å². The minimum atomic E-state index is 0.0148. The van der Waals surface area contributed by atoms with Crippen molar-refractivity contribution in [1.82, 2.24) is 14.9 Å². The zero-order valence-electron chi connectivity index (χ0n) is 14.9. The molecule has 2 aliphatic rings. The van der Waals surface area contributed by atoms with Gasteiger partial charge in [0.15, 0.2) is 0 Å². The van der Waals surface area contributed by atoms with Crippen molar-refractivity contribution in [3.05, 3.63) is 54.5 Å². The highest BCUT2D eigenvalue weighted by atomic mass is 16.2. The molecule has 1 aromatic heterocycles. The van der Waals surface area contributed by atoms with Crippen molar-refractivity contribution in [1.29, 1.82) is 0 Å². The second-order valence-corrected chi connectivity index (χ2v) is 7.25. The first-order chi connectivity index (χ1) is 12.7. The highest BCUT2D eigenvalue weighted by Gasteiger charge is 2.37. The number of rotatable bonds is 3. The lowest BCUT2D eigenvalue weighted by molar-refractivity contribution is -0.135. The van der Waals surface area contributed by atoms with E-state index in [0.29, 0.717) is 6.54 Å². The van der Waals surface area contributed by atoms with Crippen LogP contribution >= 0.6 is 0 Å². The first-order valence-corrected chi connectivity index (χ1v) is 9.32. The lowest BCUT2D eigenvalue weighted by atomic mass is 9.94. The predicted molar refractivity (Wildman–Crippen MR) is 101 cm³/mol. The summed E-state index contributed by atoms with van der Waals surface area (Å²) in [6, 6.07) is 10.3. The van der Waals surface area contributed by atoms with E-state index < -0.39 is 0 Å². The van der Waals surface area contributed by atoms with Gasteiger partial charge in [-0.05, 0) is 18.4 Å². The molecule has 2 N–H and O–H groups in total. The Hall–Kier alpha value is -2.47. The zero-order chi connectivity index (χ0) is 17.9. The van der Waals surface area contributed by atoms with E-state index in [-0.39, 0.29) is 23.8 Å². The van der Waals surface area contributed by atoms with E-state index in [1.165, 1.54) is 5.56 Å². The number of anilines is 1. The topological polar surface area (TPSA) is 75.3 Å². The number of amides is 1. The maximum absolute atomic E-state index is 13.0. The second-order valence-electron chi connectivity index (χ2n) is 7.25. The zero-order valence-corrected chi connectivity index (χ0v) is 14.9. The number of likely N-dealkylation sites (tertiary alicyclic amines) is 1. The SMILES string of the molecule is N[C@@H]1CN(C(=O)C2CCN(c3cnccn3)CC2)C[C@H]1c1ccccc1. The lowest BCUT2D eigenvalue weighted by Crippen LogP contribution is -2.42. The molecule has 2 aliphatic heterocycles. The maximum Gasteiger partial charge on any atom is 0.225 e. The molecule has 6 nitrogen and oxygen atoms in total. The maximum atomic E-state index is 13.0. The van der Waals surface area contributed by atoms with Gasteiger partial charge in [0.05, 0.1) is 6.20 Å². The number of nitrogens with zero attached hydrogens (tertiary/aromatic N) is 4. The van der Waals surface area contributed by atoms with E-state index >= 15 is 0 Å². The molecule has 0 saturated carbocycles. The minimum absolute atomic E-state index is 0.0148. The second kappa shape index (κ2) is 7.41. The van der Waals surface area contributed by atoms with Gasteiger partial charge in [0.2, 0.25) is 5.91 Å². The fourth-order valence-electron chi connectivity index (χ4n) is 4.13. The first-order valence-electron chi connectivity index (χ1n) is 9.32. The van der Waals surface area contributed by atoms with Gasteiger partial charge in [0.1, 0.15) is 5.82 Å². The molecule has 1 amide bonds. The third-order valence-corrected chi connectivity index (χ3v) is 5.62. The van der Waals surface area contributed by atoms with Gasteiger partial charge in [-0.1, -0.05) is 30.3 Å². The van der Waals surface area contributed by atoms with Gasteiger partial charge < -0.3 is 15.5 Å². The summed E-state index contributed by atoms with van der Waals surface area (Å²) < 4.78 is 0. The van der Waals surface area contributed by atoms with Gasteiger partial charge in [0, 0.05) is 56.5 Å². The van der Waals surface area contributed by atoms with E-state index in [9.17, 15) is 4.79 Å². The molecule has 2 fully saturated rings. The highest BCUT2D eigenvalue weighted by molar-refractivity contribution is 5.79. The third-order valence-electron chi connectivity index (χ3n) is 5.62. The molecular formula is C20H25N5O. The molecule has 3 heterocycles. The lowest BCUT2D eigenvalue weighted by Gasteiger charge is -2.33. The molecule has 26 heavy (non-hydrogen) atoms. The Morgan fingerprint density at radius 3 is 2.54 bits per heavy atom. The molecule has 2 atom stereocenters. The van der Waals surface area contributed by atoms with Gasteiger partial charge in [-0.15, -0.1) is 0 Å². The Labute approximate surface area is 154 Å². The number of aromatic nitrogens is 2. The molecule has 6 heteroatoms. The Kier molecular flexibility index (Phi) is 4.84. The highest BCUT2D eigenvalue weighted by Crippen LogP contribution is 2.30. The summed E-state index contributed by atoms with van der Waals surface area (Å²) in [5, 5.41) is 0. The van der Waals surface area contributed by atoms with Crippen LogP contribution in [0.1, 0.15) is 24.3 Å². The molecule has 136 valence electrons. The summed E-state index contributed by atoms with van der Waals surface area (Å²) in [6.07, 6.45) is 6.89. The van der Waals surface area contributed by atoms with Gasteiger partial charge in [-0.25, -0.2) is 4.98 Å². The summed E-state index contributed by atoms with van der Waals surface area (Å²) in [6.45, 7) is 3.07. The van der Waals surface area contributed by atoms with Crippen molar-refractivity contribution < 1.29 is 4.79 Å². The normalized spacial score (nSPS) is 24.0. The van der Waals surface area contributed by atoms with E-state index in [4.69, 9.17) is 5.73 Å². The minimum Gasteiger partial charge on any atom is -0.355 e. The Bertz CT molecular complexity index is 730. The Morgan fingerprint density at radius 2 is 1.85 bits per heavy atom. The number of carbonyl (C=O) groups excluding carboxylic acids is 1. The summed E-state index contributed by atoms with van der Waals surface area (Å²) in [7, 11) is 0. The van der Waals surface area contributed by atoms with Crippen molar-refractivity contribution in [3.8, 4) is 0 Å². The molecule has 0 aliphatic carbocycles. The fraction of sp³-hybridized carbons (Fsp3) is 0.450. The summed E-state index contributed by atoms with van der Waals surface area (Å²) in [5.41, 5.74) is 7.58.